The van der Waals surface area contributed by atoms with E-state index in [2.05, 4.69) is 31.6 Å². The molecular formula is C15H22BrN7O. The quantitative estimate of drug-likeness (QED) is 0.328. The molecule has 9 N–H and O–H groups in total. The number of halogens is 1. The van der Waals surface area contributed by atoms with Crippen molar-refractivity contribution in [2.45, 2.75) is 26.5 Å². The van der Waals surface area contributed by atoms with E-state index >= 15 is 0 Å². The maximum atomic E-state index is 7.84. The Bertz CT molecular complexity index is 712. The van der Waals surface area contributed by atoms with Gasteiger partial charge in [-0.15, -0.1) is 0 Å². The van der Waals surface area contributed by atoms with Crippen LogP contribution in [0.5, 0.6) is 5.75 Å². The number of rotatable bonds is 5. The first kappa shape index (κ1) is 18.1. The average molecular weight is 396 g/mol. The molecule has 8 nitrogen and oxygen atoms in total. The van der Waals surface area contributed by atoms with Crippen molar-refractivity contribution < 1.29 is 4.74 Å². The Morgan fingerprint density at radius 2 is 2.17 bits per heavy atom. The van der Waals surface area contributed by atoms with Crippen molar-refractivity contribution in [3.8, 4) is 5.75 Å². The van der Waals surface area contributed by atoms with Gasteiger partial charge in [0.15, 0.2) is 0 Å². The van der Waals surface area contributed by atoms with Gasteiger partial charge in [0.1, 0.15) is 28.7 Å². The van der Waals surface area contributed by atoms with Gasteiger partial charge in [0.25, 0.3) is 0 Å². The van der Waals surface area contributed by atoms with Gasteiger partial charge in [0, 0.05) is 18.3 Å². The van der Waals surface area contributed by atoms with E-state index in [9.17, 15) is 0 Å². The number of aliphatic imine (C=N–C) groups is 1. The number of nitrogens with two attached hydrogens (primary N) is 3. The fraction of sp³-hybridized carbons (Fsp3) is 0.333. The summed E-state index contributed by atoms with van der Waals surface area (Å²) in [6.07, 6.45) is -0.0295. The van der Waals surface area contributed by atoms with Gasteiger partial charge in [-0.25, -0.2) is 4.99 Å². The molecule has 0 bridgehead atoms. The topological polar surface area (TPSA) is 148 Å². The molecule has 0 amide bonds. The normalized spacial score (nSPS) is 14.3. The van der Waals surface area contributed by atoms with Crippen molar-refractivity contribution in [2.75, 3.05) is 17.7 Å². The van der Waals surface area contributed by atoms with E-state index in [1.54, 1.807) is 6.07 Å². The number of ether oxygens (including phenoxy) is 1. The van der Waals surface area contributed by atoms with Crippen molar-refractivity contribution in [1.82, 2.24) is 5.32 Å². The molecule has 1 heterocycles. The minimum absolute atomic E-state index is 0.0295. The number of amidine groups is 1. The summed E-state index contributed by atoms with van der Waals surface area (Å²) < 4.78 is 5.95. The molecule has 0 atom stereocenters. The molecule has 130 valence electrons. The Balaban J connectivity index is 2.44. The van der Waals surface area contributed by atoms with Gasteiger partial charge in [-0.1, -0.05) is 0 Å². The van der Waals surface area contributed by atoms with E-state index in [1.165, 1.54) is 0 Å². The predicted molar refractivity (Wildman–Crippen MR) is 101 cm³/mol. The third-order valence-corrected chi connectivity index (χ3v) is 3.71. The molecule has 2 rings (SSSR count). The molecular weight excluding hydrogens is 374 g/mol. The Labute approximate surface area is 149 Å². The Kier molecular flexibility index (Phi) is 5.68. The van der Waals surface area contributed by atoms with Gasteiger partial charge in [-0.3, -0.25) is 5.41 Å². The Morgan fingerprint density at radius 1 is 1.46 bits per heavy atom. The van der Waals surface area contributed by atoms with Crippen LogP contribution in [0, 0.1) is 5.41 Å². The van der Waals surface area contributed by atoms with Crippen molar-refractivity contribution in [3.63, 3.8) is 0 Å². The lowest BCUT2D eigenvalue weighted by Crippen LogP contribution is -2.35. The van der Waals surface area contributed by atoms with Gasteiger partial charge in [0.2, 0.25) is 0 Å². The summed E-state index contributed by atoms with van der Waals surface area (Å²) in [5, 5.41) is 13.9. The molecule has 24 heavy (non-hydrogen) atoms. The maximum absolute atomic E-state index is 7.84. The first-order chi connectivity index (χ1) is 11.3. The number of nitrogens with zero attached hydrogens (tertiary/aromatic N) is 1. The number of hydrogen-bond donors (Lipinski definition) is 6. The van der Waals surface area contributed by atoms with Crippen LogP contribution in [0.15, 0.2) is 28.5 Å². The molecule has 1 aromatic rings. The van der Waals surface area contributed by atoms with Crippen LogP contribution < -0.4 is 32.6 Å². The number of nitrogen functional groups attached to an aromatic ring is 1. The minimum atomic E-state index is -0.0295. The second kappa shape index (κ2) is 7.54. The highest BCUT2D eigenvalue weighted by Gasteiger charge is 2.21. The molecule has 0 aliphatic carbocycles. The van der Waals surface area contributed by atoms with Crippen LogP contribution in [0.1, 0.15) is 19.4 Å². The SMILES string of the molecule is CC(C)Oc1cc(N)c(CN)cc1NC1=NCNC(N)=C1C(=N)Br. The summed E-state index contributed by atoms with van der Waals surface area (Å²) in [6.45, 7) is 4.47. The second-order valence-electron chi connectivity index (χ2n) is 5.49. The highest BCUT2D eigenvalue weighted by atomic mass is 79.9. The fourth-order valence-corrected chi connectivity index (χ4v) is 2.62. The van der Waals surface area contributed by atoms with Crippen LogP contribution in [0.2, 0.25) is 0 Å². The lowest BCUT2D eigenvalue weighted by atomic mass is 10.1. The molecule has 1 aliphatic heterocycles. The van der Waals surface area contributed by atoms with Crippen LogP contribution in [0.25, 0.3) is 0 Å². The van der Waals surface area contributed by atoms with E-state index in [4.69, 9.17) is 27.3 Å². The minimum Gasteiger partial charge on any atom is -0.489 e. The molecule has 0 unspecified atom stereocenters. The van der Waals surface area contributed by atoms with Crippen molar-refractivity contribution in [2.24, 2.45) is 16.5 Å². The molecule has 0 radical (unpaired) electrons. The van der Waals surface area contributed by atoms with Gasteiger partial charge in [0.05, 0.1) is 17.4 Å². The van der Waals surface area contributed by atoms with E-state index < -0.39 is 0 Å². The third kappa shape index (κ3) is 3.98. The average Bonchev–Trinajstić information content (AvgIpc) is 2.48. The lowest BCUT2D eigenvalue weighted by Gasteiger charge is -2.22. The zero-order valence-corrected chi connectivity index (χ0v) is 15.2. The molecule has 0 saturated carbocycles. The van der Waals surface area contributed by atoms with Crippen LogP contribution in [-0.4, -0.2) is 23.2 Å². The highest BCUT2D eigenvalue weighted by Crippen LogP contribution is 2.32. The summed E-state index contributed by atoms with van der Waals surface area (Å²) in [6, 6.07) is 3.56. The number of hydrogen-bond acceptors (Lipinski definition) is 8. The second-order valence-corrected chi connectivity index (χ2v) is 6.28. The number of benzene rings is 1. The van der Waals surface area contributed by atoms with E-state index in [0.29, 0.717) is 47.6 Å². The largest absolute Gasteiger partial charge is 0.489 e. The Morgan fingerprint density at radius 3 is 2.75 bits per heavy atom. The van der Waals surface area contributed by atoms with Crippen LogP contribution in [0.4, 0.5) is 11.4 Å². The van der Waals surface area contributed by atoms with E-state index in [-0.39, 0.29) is 10.7 Å². The molecule has 0 spiro atoms. The van der Waals surface area contributed by atoms with Gasteiger partial charge in [-0.05, 0) is 41.4 Å². The van der Waals surface area contributed by atoms with Crippen LogP contribution in [-0.2, 0) is 6.54 Å². The predicted octanol–water partition coefficient (Wildman–Crippen LogP) is 1.43. The molecule has 0 aromatic heterocycles. The van der Waals surface area contributed by atoms with Gasteiger partial charge >= 0.3 is 0 Å². The van der Waals surface area contributed by atoms with Gasteiger partial charge < -0.3 is 32.6 Å². The number of nitrogens with one attached hydrogen (secondary N) is 3. The van der Waals surface area contributed by atoms with E-state index in [1.807, 2.05) is 19.9 Å². The first-order valence-electron chi connectivity index (χ1n) is 7.42. The number of anilines is 2. The molecule has 0 fully saturated rings. The summed E-state index contributed by atoms with van der Waals surface area (Å²) in [4.78, 5) is 4.34. The molecule has 9 heteroatoms. The van der Waals surface area contributed by atoms with Crippen LogP contribution >= 0.6 is 15.9 Å². The lowest BCUT2D eigenvalue weighted by molar-refractivity contribution is 0.244. The van der Waals surface area contributed by atoms with E-state index in [0.717, 1.165) is 5.56 Å². The molecule has 1 aromatic carbocycles. The van der Waals surface area contributed by atoms with Crippen LogP contribution in [0.3, 0.4) is 0 Å². The first-order valence-corrected chi connectivity index (χ1v) is 8.21. The van der Waals surface area contributed by atoms with Gasteiger partial charge in [-0.2, -0.15) is 0 Å². The van der Waals surface area contributed by atoms with Crippen molar-refractivity contribution in [3.05, 3.63) is 29.1 Å². The maximum Gasteiger partial charge on any atom is 0.145 e. The standard InChI is InChI=1S/C15H22BrN7O/c1-7(2)24-11-4-9(18)8(5-17)3-10(11)23-15-12(13(16)19)14(20)21-6-22-15/h3-4,7,19,21H,5-6,17-18,20H2,1-2H3,(H,22,23). The molecule has 0 saturated heterocycles. The Hall–Kier alpha value is -2.26. The fourth-order valence-electron chi connectivity index (χ4n) is 2.22. The zero-order chi connectivity index (χ0) is 17.9. The summed E-state index contributed by atoms with van der Waals surface area (Å²) in [7, 11) is 0. The molecule has 1 aliphatic rings. The monoisotopic (exact) mass is 395 g/mol. The zero-order valence-electron chi connectivity index (χ0n) is 13.6. The summed E-state index contributed by atoms with van der Waals surface area (Å²) in [5.74, 6) is 1.42. The van der Waals surface area contributed by atoms with Crippen molar-refractivity contribution in [1.29, 1.82) is 5.41 Å². The third-order valence-electron chi connectivity index (χ3n) is 3.31. The highest BCUT2D eigenvalue weighted by molar-refractivity contribution is 9.18. The summed E-state index contributed by atoms with van der Waals surface area (Å²) >= 11 is 3.14. The smallest absolute Gasteiger partial charge is 0.145 e. The summed E-state index contributed by atoms with van der Waals surface area (Å²) in [5.41, 5.74) is 20.1. The van der Waals surface area contributed by atoms with Crippen molar-refractivity contribution >= 4 is 37.8 Å².